The van der Waals surface area contributed by atoms with Crippen molar-refractivity contribution in [2.45, 2.75) is 24.7 Å². The lowest BCUT2D eigenvalue weighted by Gasteiger charge is -2.33. The maximum Gasteiger partial charge on any atom is 0.410 e. The van der Waals surface area contributed by atoms with Crippen molar-refractivity contribution in [3.8, 4) is 5.75 Å². The largest absolute Gasteiger partial charge is 0.497 e. The first-order valence-corrected chi connectivity index (χ1v) is 10.3. The van der Waals surface area contributed by atoms with E-state index in [4.69, 9.17) is 16.3 Å². The number of nitrogens with one attached hydrogen (secondary N) is 2. The average Bonchev–Trinajstić information content (AvgIpc) is 3.23. The summed E-state index contributed by atoms with van der Waals surface area (Å²) in [7, 11) is 1.49. The van der Waals surface area contributed by atoms with E-state index in [0.717, 1.165) is 16.8 Å². The second kappa shape index (κ2) is 8.86. The van der Waals surface area contributed by atoms with Gasteiger partial charge >= 0.3 is 6.18 Å². The number of ether oxygens (including phenoxy) is 1. The molecule has 0 saturated heterocycles. The van der Waals surface area contributed by atoms with Crippen LogP contribution >= 0.6 is 11.6 Å². The lowest BCUT2D eigenvalue weighted by molar-refractivity contribution is -0.384. The van der Waals surface area contributed by atoms with Gasteiger partial charge in [0, 0.05) is 24.6 Å². The molecule has 0 fully saturated rings. The lowest BCUT2D eigenvalue weighted by Crippen LogP contribution is -2.35. The molecule has 2 unspecified atom stereocenters. The molecule has 0 aliphatic carbocycles. The van der Waals surface area contributed by atoms with Crippen LogP contribution in [0.5, 0.6) is 5.75 Å². The number of aromatic nitrogens is 2. The first kappa shape index (κ1) is 23.4. The van der Waals surface area contributed by atoms with Crippen molar-refractivity contribution < 1.29 is 27.6 Å². The predicted molar refractivity (Wildman–Crippen MR) is 117 cm³/mol. The van der Waals surface area contributed by atoms with E-state index in [9.17, 15) is 28.1 Å². The van der Waals surface area contributed by atoms with E-state index in [1.165, 1.54) is 19.2 Å². The monoisotopic (exact) mass is 495 g/mol. The molecule has 1 aromatic heterocycles. The number of nitrogens with zero attached hydrogens (tertiary/aromatic N) is 3. The molecule has 0 spiro atoms. The van der Waals surface area contributed by atoms with Crippen molar-refractivity contribution in [2.75, 3.05) is 17.7 Å². The van der Waals surface area contributed by atoms with Crippen LogP contribution < -0.4 is 15.4 Å². The van der Waals surface area contributed by atoms with E-state index >= 15 is 0 Å². The second-order valence-electron chi connectivity index (χ2n) is 7.50. The number of amides is 1. The van der Waals surface area contributed by atoms with E-state index in [1.807, 2.05) is 0 Å². The summed E-state index contributed by atoms with van der Waals surface area (Å²) in [6.45, 7) is 0. The van der Waals surface area contributed by atoms with Gasteiger partial charge in [-0.3, -0.25) is 14.9 Å². The molecule has 2 aromatic carbocycles. The number of anilines is 2. The number of hydrogen-bond donors (Lipinski definition) is 2. The van der Waals surface area contributed by atoms with Crippen LogP contribution in [-0.4, -0.2) is 33.9 Å². The number of rotatable bonds is 5. The van der Waals surface area contributed by atoms with Gasteiger partial charge in [0.05, 0.1) is 28.8 Å². The number of carbonyl (C=O) groups excluding carboxylic acids is 1. The number of methoxy groups -OCH3 is 1. The molecule has 1 aliphatic rings. The number of hydrogen-bond acceptors (Lipinski definition) is 6. The van der Waals surface area contributed by atoms with Gasteiger partial charge in [0.1, 0.15) is 11.6 Å². The van der Waals surface area contributed by atoms with E-state index in [0.29, 0.717) is 11.3 Å². The summed E-state index contributed by atoms with van der Waals surface area (Å²) in [5.74, 6) is -0.225. The number of fused-ring (bicyclic) bond motifs is 1. The van der Waals surface area contributed by atoms with Gasteiger partial charge in [-0.1, -0.05) is 23.7 Å². The zero-order valence-corrected chi connectivity index (χ0v) is 18.2. The third-order valence-electron chi connectivity index (χ3n) is 5.35. The van der Waals surface area contributed by atoms with Gasteiger partial charge in [-0.15, -0.1) is 0 Å². The van der Waals surface area contributed by atoms with Gasteiger partial charge < -0.3 is 15.4 Å². The van der Waals surface area contributed by atoms with Gasteiger partial charge in [-0.25, -0.2) is 4.68 Å². The first-order valence-electron chi connectivity index (χ1n) is 9.89. The van der Waals surface area contributed by atoms with E-state index in [2.05, 4.69) is 15.7 Å². The van der Waals surface area contributed by atoms with Crippen molar-refractivity contribution >= 4 is 34.7 Å². The standard InChI is InChI=1S/C21H17ClF3N5O4/c1-34-13-5-2-11(3-6-13)16-9-18(21(23,24)25)29-19(26-16)10-17(28-29)20(31)27-15-7-4-12(30(32)33)8-14(15)22/h2-8,10,16,18,26H,9H2,1H3,(H,27,31). The van der Waals surface area contributed by atoms with Crippen LogP contribution in [0.1, 0.15) is 34.6 Å². The Hall–Kier alpha value is -3.80. The molecular weight excluding hydrogens is 479 g/mol. The third-order valence-corrected chi connectivity index (χ3v) is 5.67. The Morgan fingerprint density at radius 3 is 2.56 bits per heavy atom. The Balaban J connectivity index is 1.61. The van der Waals surface area contributed by atoms with Gasteiger partial charge in [0.2, 0.25) is 0 Å². The van der Waals surface area contributed by atoms with Crippen molar-refractivity contribution in [2.24, 2.45) is 0 Å². The summed E-state index contributed by atoms with van der Waals surface area (Å²) in [5, 5.41) is 20.0. The maximum atomic E-state index is 13.9. The maximum absolute atomic E-state index is 13.9. The van der Waals surface area contributed by atoms with Crippen molar-refractivity contribution in [3.63, 3.8) is 0 Å². The quantitative estimate of drug-likeness (QED) is 0.364. The molecule has 2 atom stereocenters. The van der Waals surface area contributed by atoms with E-state index in [1.54, 1.807) is 24.3 Å². The highest BCUT2D eigenvalue weighted by molar-refractivity contribution is 6.34. The molecule has 0 bridgehead atoms. The average molecular weight is 496 g/mol. The van der Waals surface area contributed by atoms with Crippen molar-refractivity contribution in [1.82, 2.24) is 9.78 Å². The fourth-order valence-corrected chi connectivity index (χ4v) is 3.87. The number of carbonyl (C=O) groups is 1. The Morgan fingerprint density at radius 2 is 1.97 bits per heavy atom. The Bertz CT molecular complexity index is 1250. The molecular formula is C21H17ClF3N5O4. The van der Waals surface area contributed by atoms with Crippen molar-refractivity contribution in [1.29, 1.82) is 0 Å². The van der Waals surface area contributed by atoms with Crippen LogP contribution in [0.2, 0.25) is 5.02 Å². The Kier molecular flexibility index (Phi) is 6.09. The summed E-state index contributed by atoms with van der Waals surface area (Å²) in [6, 6.07) is 8.63. The zero-order valence-electron chi connectivity index (χ0n) is 17.5. The van der Waals surface area contributed by atoms with Crippen LogP contribution in [0.3, 0.4) is 0 Å². The fraction of sp³-hybridized carbons (Fsp3) is 0.238. The topological polar surface area (TPSA) is 111 Å². The molecule has 9 nitrogen and oxygen atoms in total. The minimum atomic E-state index is -4.61. The molecule has 34 heavy (non-hydrogen) atoms. The number of nitro groups is 1. The number of alkyl halides is 3. The highest BCUT2D eigenvalue weighted by Gasteiger charge is 2.46. The van der Waals surface area contributed by atoms with Crippen LogP contribution in [-0.2, 0) is 0 Å². The number of halogens is 4. The smallest absolute Gasteiger partial charge is 0.410 e. The molecule has 178 valence electrons. The minimum Gasteiger partial charge on any atom is -0.497 e. The third kappa shape index (κ3) is 4.62. The van der Waals surface area contributed by atoms with E-state index < -0.39 is 29.1 Å². The normalized spacial score (nSPS) is 17.4. The van der Waals surface area contributed by atoms with Crippen LogP contribution in [0, 0.1) is 10.1 Å². The number of non-ortho nitro benzene ring substituents is 1. The molecule has 0 radical (unpaired) electrons. The Morgan fingerprint density at radius 1 is 1.26 bits per heavy atom. The minimum absolute atomic E-state index is 0.0225. The van der Waals surface area contributed by atoms with Crippen LogP contribution in [0.4, 0.5) is 30.4 Å². The molecule has 2 heterocycles. The summed E-state index contributed by atoms with van der Waals surface area (Å²) in [6.07, 6.45) is -4.94. The van der Waals surface area contributed by atoms with Gasteiger partial charge in [0.25, 0.3) is 11.6 Å². The van der Waals surface area contributed by atoms with Crippen molar-refractivity contribution in [3.05, 3.63) is 74.9 Å². The molecule has 13 heteroatoms. The predicted octanol–water partition coefficient (Wildman–Crippen LogP) is 5.37. The molecule has 0 saturated carbocycles. The molecule has 1 amide bonds. The highest BCUT2D eigenvalue weighted by atomic mass is 35.5. The Labute approximate surface area is 195 Å². The van der Waals surface area contributed by atoms with Crippen LogP contribution in [0.25, 0.3) is 0 Å². The summed E-state index contributed by atoms with van der Waals surface area (Å²) in [5.41, 5.74) is 0.120. The van der Waals surface area contributed by atoms with Gasteiger partial charge in [-0.05, 0) is 23.8 Å². The second-order valence-corrected chi connectivity index (χ2v) is 7.91. The SMILES string of the molecule is COc1ccc(C2CC(C(F)(F)F)n3nc(C(=O)Nc4ccc([N+](=O)[O-])cc4Cl)cc3N2)cc1. The summed E-state index contributed by atoms with van der Waals surface area (Å²) in [4.78, 5) is 22.9. The molecule has 2 N–H and O–H groups in total. The summed E-state index contributed by atoms with van der Waals surface area (Å²) >= 11 is 5.98. The lowest BCUT2D eigenvalue weighted by atomic mass is 9.97. The van der Waals surface area contributed by atoms with Gasteiger partial charge in [-0.2, -0.15) is 18.3 Å². The summed E-state index contributed by atoms with van der Waals surface area (Å²) < 4.78 is 47.4. The molecule has 1 aliphatic heterocycles. The van der Waals surface area contributed by atoms with E-state index in [-0.39, 0.29) is 34.3 Å². The van der Waals surface area contributed by atoms with Crippen LogP contribution in [0.15, 0.2) is 48.5 Å². The molecule has 3 aromatic rings. The van der Waals surface area contributed by atoms with Gasteiger partial charge in [0.15, 0.2) is 11.7 Å². The number of benzene rings is 2. The molecule has 4 rings (SSSR count). The first-order chi connectivity index (χ1) is 16.1. The number of nitro benzene ring substituents is 1. The zero-order chi connectivity index (χ0) is 24.6. The fourth-order valence-electron chi connectivity index (χ4n) is 3.64. The highest BCUT2D eigenvalue weighted by Crippen LogP contribution is 2.44.